The van der Waals surface area contributed by atoms with Gasteiger partial charge in [-0.15, -0.1) is 11.3 Å². The SMILES string of the molecule is CCCN(C)Cc1ncc(-c2cc(C)c3c(c2)OC(c2cnc(C4CCC4)s2)n2c-3cc3cc(-c4cnc([C@@H]5CCCN5)[nH]4)ccc32)[nH]1. The van der Waals surface area contributed by atoms with Gasteiger partial charge in [-0.3, -0.25) is 9.47 Å². The van der Waals surface area contributed by atoms with Gasteiger partial charge < -0.3 is 20.0 Å². The van der Waals surface area contributed by atoms with E-state index in [1.54, 1.807) is 0 Å². The molecule has 6 heterocycles. The number of thiazole rings is 1. The van der Waals surface area contributed by atoms with Crippen molar-refractivity contribution < 1.29 is 4.74 Å². The molecule has 0 spiro atoms. The molecule has 1 saturated carbocycles. The van der Waals surface area contributed by atoms with Crippen LogP contribution < -0.4 is 10.1 Å². The lowest BCUT2D eigenvalue weighted by Gasteiger charge is -2.30. The van der Waals surface area contributed by atoms with E-state index in [1.807, 2.05) is 29.9 Å². The maximum Gasteiger partial charge on any atom is 0.213 e. The Morgan fingerprint density at radius 3 is 2.65 bits per heavy atom. The second-order valence-electron chi connectivity index (χ2n) is 13.9. The highest BCUT2D eigenvalue weighted by molar-refractivity contribution is 7.11. The van der Waals surface area contributed by atoms with Crippen LogP contribution in [0, 0.1) is 6.92 Å². The predicted octanol–water partition coefficient (Wildman–Crippen LogP) is 8.33. The van der Waals surface area contributed by atoms with E-state index >= 15 is 0 Å². The smallest absolute Gasteiger partial charge is 0.213 e. The summed E-state index contributed by atoms with van der Waals surface area (Å²) < 4.78 is 9.42. The number of benzene rings is 2. The summed E-state index contributed by atoms with van der Waals surface area (Å²) in [5, 5.41) is 5.97. The quantitative estimate of drug-likeness (QED) is 0.145. The van der Waals surface area contributed by atoms with Crippen molar-refractivity contribution in [3.05, 3.63) is 82.1 Å². The number of aryl methyl sites for hydroxylation is 1. The van der Waals surface area contributed by atoms with Gasteiger partial charge >= 0.3 is 0 Å². The van der Waals surface area contributed by atoms with Crippen molar-refractivity contribution in [3.8, 4) is 39.5 Å². The zero-order valence-corrected chi connectivity index (χ0v) is 28.7. The van der Waals surface area contributed by atoms with Crippen molar-refractivity contribution in [2.24, 2.45) is 0 Å². The molecule has 10 heteroatoms. The standard InChI is InChI=1S/C38H42N8OS/c1-4-13-45(3)21-34-40-18-29(43-34)25-14-22(2)35-31-16-26-15-24(28-19-41-36(44-28)27-9-6-12-39-27)10-11-30(26)46(31)38(47-32(35)17-25)33-20-42-37(48-33)23-7-5-8-23/h10-11,14-20,23,27,38-39H,4-9,12-13,21H2,1-3H3,(H,40,43)(H,41,44)/t27-,38?/m0/s1. The average Bonchev–Trinajstić information content (AvgIpc) is 3.89. The number of imidazole rings is 2. The van der Waals surface area contributed by atoms with Gasteiger partial charge in [-0.25, -0.2) is 15.0 Å². The number of nitrogens with zero attached hydrogens (tertiary/aromatic N) is 5. The maximum atomic E-state index is 7.04. The van der Waals surface area contributed by atoms with Gasteiger partial charge in [-0.1, -0.05) is 19.4 Å². The van der Waals surface area contributed by atoms with E-state index in [4.69, 9.17) is 19.7 Å². The lowest BCUT2D eigenvalue weighted by Crippen LogP contribution is -2.22. The zero-order chi connectivity index (χ0) is 32.4. The van der Waals surface area contributed by atoms with Gasteiger partial charge in [0.15, 0.2) is 0 Å². The Morgan fingerprint density at radius 2 is 1.83 bits per heavy atom. The van der Waals surface area contributed by atoms with Gasteiger partial charge in [0.05, 0.1) is 57.5 Å². The molecule has 2 aliphatic heterocycles. The number of rotatable bonds is 9. The molecule has 2 aromatic carbocycles. The number of ether oxygens (including phenoxy) is 1. The molecule has 9 rings (SSSR count). The summed E-state index contributed by atoms with van der Waals surface area (Å²) in [6.45, 7) is 7.28. The topological polar surface area (TPSA) is 99.7 Å². The molecule has 1 unspecified atom stereocenters. The zero-order valence-electron chi connectivity index (χ0n) is 27.8. The minimum absolute atomic E-state index is 0.302. The van der Waals surface area contributed by atoms with Crippen LogP contribution in [0.15, 0.2) is 55.0 Å². The Balaban J connectivity index is 1.13. The Labute approximate surface area is 284 Å². The van der Waals surface area contributed by atoms with Crippen molar-refractivity contribution in [1.29, 1.82) is 0 Å². The molecule has 2 fully saturated rings. The fourth-order valence-corrected chi connectivity index (χ4v) is 8.79. The molecule has 3 N–H and O–H groups in total. The summed E-state index contributed by atoms with van der Waals surface area (Å²) in [5.41, 5.74) is 8.90. The number of fused-ring (bicyclic) bond motifs is 5. The first kappa shape index (κ1) is 29.9. The molecule has 0 amide bonds. The van der Waals surface area contributed by atoms with E-state index in [2.05, 4.69) is 82.0 Å². The van der Waals surface area contributed by atoms with Crippen LogP contribution in [0.25, 0.3) is 44.7 Å². The molecule has 48 heavy (non-hydrogen) atoms. The fraction of sp³-hybridized carbons (Fsp3) is 0.395. The van der Waals surface area contributed by atoms with E-state index in [9.17, 15) is 0 Å². The third-order valence-corrected chi connectivity index (χ3v) is 11.6. The van der Waals surface area contributed by atoms with Crippen molar-refractivity contribution >= 4 is 22.2 Å². The van der Waals surface area contributed by atoms with Crippen LogP contribution in [-0.2, 0) is 6.54 Å². The second kappa shape index (κ2) is 12.0. The number of nitrogens with one attached hydrogen (secondary N) is 3. The van der Waals surface area contributed by atoms with Crippen LogP contribution >= 0.6 is 11.3 Å². The number of hydrogen-bond donors (Lipinski definition) is 3. The van der Waals surface area contributed by atoms with Crippen molar-refractivity contribution in [2.75, 3.05) is 20.1 Å². The van der Waals surface area contributed by atoms with Crippen molar-refractivity contribution in [2.45, 2.75) is 77.1 Å². The molecule has 0 radical (unpaired) electrons. The summed E-state index contributed by atoms with van der Waals surface area (Å²) >= 11 is 1.81. The predicted molar refractivity (Wildman–Crippen MR) is 191 cm³/mol. The van der Waals surface area contributed by atoms with E-state index < -0.39 is 0 Å². The number of hydrogen-bond acceptors (Lipinski definition) is 7. The number of aromatic amines is 2. The highest BCUT2D eigenvalue weighted by Crippen LogP contribution is 2.49. The molecule has 9 nitrogen and oxygen atoms in total. The molecule has 246 valence electrons. The van der Waals surface area contributed by atoms with Crippen LogP contribution in [0.5, 0.6) is 5.75 Å². The van der Waals surface area contributed by atoms with Crippen LogP contribution in [0.2, 0.25) is 0 Å². The van der Waals surface area contributed by atoms with E-state index in [1.165, 1.54) is 47.3 Å². The third kappa shape index (κ3) is 5.17. The normalized spacial score (nSPS) is 19.1. The Kier molecular flexibility index (Phi) is 7.47. The Bertz CT molecular complexity index is 2110. The fourth-order valence-electron chi connectivity index (χ4n) is 7.68. The molecule has 4 aromatic heterocycles. The van der Waals surface area contributed by atoms with Crippen LogP contribution in [-0.4, -0.2) is 54.5 Å². The third-order valence-electron chi connectivity index (χ3n) is 10.4. The highest BCUT2D eigenvalue weighted by Gasteiger charge is 2.33. The lowest BCUT2D eigenvalue weighted by molar-refractivity contribution is 0.177. The second-order valence-corrected chi connectivity index (χ2v) is 14.9. The minimum Gasteiger partial charge on any atom is -0.464 e. The monoisotopic (exact) mass is 658 g/mol. The van der Waals surface area contributed by atoms with Gasteiger partial charge in [-0.05, 0) is 95.1 Å². The summed E-state index contributed by atoms with van der Waals surface area (Å²) in [4.78, 5) is 25.0. The Hall–Kier alpha value is -4.25. The van der Waals surface area contributed by atoms with Crippen molar-refractivity contribution in [3.63, 3.8) is 0 Å². The Morgan fingerprint density at radius 1 is 0.958 bits per heavy atom. The van der Waals surface area contributed by atoms with Gasteiger partial charge in [0.2, 0.25) is 6.23 Å². The van der Waals surface area contributed by atoms with Gasteiger partial charge in [-0.2, -0.15) is 0 Å². The van der Waals surface area contributed by atoms with E-state index in [-0.39, 0.29) is 6.23 Å². The molecule has 0 bridgehead atoms. The molecule has 1 aliphatic carbocycles. The number of H-pyrrole nitrogens is 2. The molecule has 3 aliphatic rings. The minimum atomic E-state index is -0.302. The average molecular weight is 659 g/mol. The summed E-state index contributed by atoms with van der Waals surface area (Å²) in [5.74, 6) is 3.48. The van der Waals surface area contributed by atoms with E-state index in [0.29, 0.717) is 12.0 Å². The molecule has 1 saturated heterocycles. The first-order chi connectivity index (χ1) is 23.5. The van der Waals surface area contributed by atoms with Gasteiger partial charge in [0.25, 0.3) is 0 Å². The van der Waals surface area contributed by atoms with Gasteiger partial charge in [0, 0.05) is 34.2 Å². The summed E-state index contributed by atoms with van der Waals surface area (Å²) in [6.07, 6.45) is 12.9. The van der Waals surface area contributed by atoms with Crippen LogP contribution in [0.4, 0.5) is 0 Å². The highest BCUT2D eigenvalue weighted by atomic mass is 32.1. The lowest BCUT2D eigenvalue weighted by atomic mass is 9.86. The summed E-state index contributed by atoms with van der Waals surface area (Å²) in [7, 11) is 2.14. The maximum absolute atomic E-state index is 7.04. The van der Waals surface area contributed by atoms with Gasteiger partial charge in [0.1, 0.15) is 17.4 Å². The molecular weight excluding hydrogens is 617 g/mol. The first-order valence-corrected chi connectivity index (χ1v) is 18.3. The number of aromatic nitrogens is 6. The molecular formula is C38H42N8OS. The van der Waals surface area contributed by atoms with E-state index in [0.717, 1.165) is 88.3 Å². The summed E-state index contributed by atoms with van der Waals surface area (Å²) in [6, 6.07) is 13.8. The molecule has 6 aromatic rings. The van der Waals surface area contributed by atoms with Crippen LogP contribution in [0.1, 0.15) is 90.7 Å². The molecule has 2 atom stereocenters. The largest absolute Gasteiger partial charge is 0.464 e. The first-order valence-electron chi connectivity index (χ1n) is 17.5. The van der Waals surface area contributed by atoms with Crippen molar-refractivity contribution in [1.82, 2.24) is 39.7 Å². The van der Waals surface area contributed by atoms with Crippen LogP contribution in [0.3, 0.4) is 0 Å².